The standard InChI is InChI=1S/C12H24N6O/c1-6-13-10-14-11(17(4)5)16-12(15-10)18(7-8-19)9(2)3/h9,19H,6-8H2,1-5H3,(H,13,14,15,16). The smallest absolute Gasteiger partial charge is 0.232 e. The monoisotopic (exact) mass is 268 g/mol. The summed E-state index contributed by atoms with van der Waals surface area (Å²) in [5.41, 5.74) is 0. The summed E-state index contributed by atoms with van der Waals surface area (Å²) in [6.07, 6.45) is 0. The number of hydrogen-bond donors (Lipinski definition) is 2. The van der Waals surface area contributed by atoms with Crippen LogP contribution in [0.25, 0.3) is 0 Å². The van der Waals surface area contributed by atoms with Gasteiger partial charge < -0.3 is 20.2 Å². The zero-order valence-electron chi connectivity index (χ0n) is 12.4. The van der Waals surface area contributed by atoms with E-state index in [1.54, 1.807) is 0 Å². The Kier molecular flexibility index (Phi) is 5.75. The molecule has 0 aliphatic carbocycles. The molecule has 0 unspecified atom stereocenters. The highest BCUT2D eigenvalue weighted by Crippen LogP contribution is 2.16. The van der Waals surface area contributed by atoms with E-state index in [0.29, 0.717) is 24.4 Å². The third-order valence-electron chi connectivity index (χ3n) is 2.57. The van der Waals surface area contributed by atoms with Gasteiger partial charge in [0, 0.05) is 33.2 Å². The Morgan fingerprint density at radius 3 is 2.26 bits per heavy atom. The predicted molar refractivity (Wildman–Crippen MR) is 77.9 cm³/mol. The summed E-state index contributed by atoms with van der Waals surface area (Å²) in [5, 5.41) is 12.3. The molecule has 1 aromatic heterocycles. The number of nitrogens with zero attached hydrogens (tertiary/aromatic N) is 5. The largest absolute Gasteiger partial charge is 0.395 e. The molecule has 0 amide bonds. The number of anilines is 3. The molecule has 0 atom stereocenters. The van der Waals surface area contributed by atoms with Crippen LogP contribution in [-0.2, 0) is 0 Å². The summed E-state index contributed by atoms with van der Waals surface area (Å²) in [5.74, 6) is 1.74. The van der Waals surface area contributed by atoms with Crippen molar-refractivity contribution in [1.82, 2.24) is 15.0 Å². The van der Waals surface area contributed by atoms with Crippen LogP contribution in [0.1, 0.15) is 20.8 Å². The van der Waals surface area contributed by atoms with Gasteiger partial charge in [-0.3, -0.25) is 0 Å². The maximum atomic E-state index is 9.16. The molecule has 0 saturated heterocycles. The quantitative estimate of drug-likeness (QED) is 0.749. The van der Waals surface area contributed by atoms with Crippen molar-refractivity contribution >= 4 is 17.8 Å². The second kappa shape index (κ2) is 7.08. The summed E-state index contributed by atoms with van der Waals surface area (Å²) in [7, 11) is 3.78. The molecule has 0 aliphatic heterocycles. The molecule has 0 spiro atoms. The molecule has 19 heavy (non-hydrogen) atoms. The molecule has 0 aromatic carbocycles. The Bertz CT molecular complexity index is 396. The van der Waals surface area contributed by atoms with E-state index in [4.69, 9.17) is 5.11 Å². The van der Waals surface area contributed by atoms with Gasteiger partial charge in [0.05, 0.1) is 6.61 Å². The number of rotatable bonds is 7. The number of aromatic nitrogens is 3. The zero-order chi connectivity index (χ0) is 14.4. The number of hydrogen-bond acceptors (Lipinski definition) is 7. The van der Waals surface area contributed by atoms with E-state index in [1.807, 2.05) is 44.7 Å². The van der Waals surface area contributed by atoms with Crippen molar-refractivity contribution in [1.29, 1.82) is 0 Å². The summed E-state index contributed by atoms with van der Waals surface area (Å²) in [4.78, 5) is 17.0. The molecule has 2 N–H and O–H groups in total. The van der Waals surface area contributed by atoms with Crippen LogP contribution in [0.4, 0.5) is 17.8 Å². The van der Waals surface area contributed by atoms with E-state index >= 15 is 0 Å². The highest BCUT2D eigenvalue weighted by molar-refractivity contribution is 5.44. The van der Waals surface area contributed by atoms with E-state index in [0.717, 1.165) is 6.54 Å². The van der Waals surface area contributed by atoms with Gasteiger partial charge in [0.15, 0.2) is 0 Å². The van der Waals surface area contributed by atoms with E-state index in [2.05, 4.69) is 20.3 Å². The first kappa shape index (κ1) is 15.4. The fourth-order valence-electron chi connectivity index (χ4n) is 1.62. The van der Waals surface area contributed by atoms with E-state index in [9.17, 15) is 0 Å². The molecular formula is C12H24N6O. The zero-order valence-corrected chi connectivity index (χ0v) is 12.4. The average Bonchev–Trinajstić information content (AvgIpc) is 2.35. The first-order valence-electron chi connectivity index (χ1n) is 6.54. The van der Waals surface area contributed by atoms with Crippen molar-refractivity contribution in [3.05, 3.63) is 0 Å². The molecule has 0 aliphatic rings. The molecular weight excluding hydrogens is 244 g/mol. The van der Waals surface area contributed by atoms with Gasteiger partial charge in [-0.25, -0.2) is 0 Å². The highest BCUT2D eigenvalue weighted by atomic mass is 16.3. The van der Waals surface area contributed by atoms with Gasteiger partial charge in [-0.05, 0) is 20.8 Å². The lowest BCUT2D eigenvalue weighted by atomic mass is 10.3. The Balaban J connectivity index is 3.15. The third kappa shape index (κ3) is 4.20. The molecule has 0 radical (unpaired) electrons. The Hall–Kier alpha value is -1.63. The van der Waals surface area contributed by atoms with Gasteiger partial charge in [-0.15, -0.1) is 0 Å². The fourth-order valence-corrected chi connectivity index (χ4v) is 1.62. The molecule has 7 heteroatoms. The number of aliphatic hydroxyl groups excluding tert-OH is 1. The number of nitrogens with one attached hydrogen (secondary N) is 1. The molecule has 1 heterocycles. The molecule has 0 saturated carbocycles. The second-order valence-electron chi connectivity index (χ2n) is 4.69. The average molecular weight is 268 g/mol. The van der Waals surface area contributed by atoms with Crippen LogP contribution in [0, 0.1) is 0 Å². The van der Waals surface area contributed by atoms with Gasteiger partial charge >= 0.3 is 0 Å². The van der Waals surface area contributed by atoms with E-state index < -0.39 is 0 Å². The van der Waals surface area contributed by atoms with E-state index in [1.165, 1.54) is 0 Å². The molecule has 0 bridgehead atoms. The van der Waals surface area contributed by atoms with Gasteiger partial charge in [-0.1, -0.05) is 0 Å². The van der Waals surface area contributed by atoms with Crippen molar-refractivity contribution in [2.45, 2.75) is 26.8 Å². The van der Waals surface area contributed by atoms with Crippen LogP contribution in [-0.4, -0.2) is 59.9 Å². The highest BCUT2D eigenvalue weighted by Gasteiger charge is 2.16. The van der Waals surface area contributed by atoms with Crippen LogP contribution >= 0.6 is 0 Å². The summed E-state index contributed by atoms with van der Waals surface area (Å²) in [6, 6.07) is 0.207. The summed E-state index contributed by atoms with van der Waals surface area (Å²) >= 11 is 0. The number of aliphatic hydroxyl groups is 1. The first-order valence-corrected chi connectivity index (χ1v) is 6.54. The third-order valence-corrected chi connectivity index (χ3v) is 2.57. The van der Waals surface area contributed by atoms with Gasteiger partial charge in [0.2, 0.25) is 17.8 Å². The lowest BCUT2D eigenvalue weighted by Gasteiger charge is -2.26. The van der Waals surface area contributed by atoms with Crippen LogP contribution in [0.2, 0.25) is 0 Å². The Morgan fingerprint density at radius 1 is 1.16 bits per heavy atom. The SMILES string of the molecule is CCNc1nc(N(C)C)nc(N(CCO)C(C)C)n1. The van der Waals surface area contributed by atoms with Gasteiger partial charge in [-0.2, -0.15) is 15.0 Å². The van der Waals surface area contributed by atoms with Crippen molar-refractivity contribution < 1.29 is 5.11 Å². The fraction of sp³-hybridized carbons (Fsp3) is 0.750. The van der Waals surface area contributed by atoms with Gasteiger partial charge in [0.25, 0.3) is 0 Å². The van der Waals surface area contributed by atoms with Crippen LogP contribution in [0.15, 0.2) is 0 Å². The first-order chi connectivity index (χ1) is 8.99. The second-order valence-corrected chi connectivity index (χ2v) is 4.69. The minimum Gasteiger partial charge on any atom is -0.395 e. The molecule has 1 aromatic rings. The van der Waals surface area contributed by atoms with Crippen molar-refractivity contribution in [2.24, 2.45) is 0 Å². The molecule has 1 rings (SSSR count). The van der Waals surface area contributed by atoms with E-state index in [-0.39, 0.29) is 12.6 Å². The summed E-state index contributed by atoms with van der Waals surface area (Å²) < 4.78 is 0. The summed E-state index contributed by atoms with van der Waals surface area (Å²) in [6.45, 7) is 7.39. The Morgan fingerprint density at radius 2 is 1.79 bits per heavy atom. The maximum absolute atomic E-state index is 9.16. The molecule has 0 fully saturated rings. The topological polar surface area (TPSA) is 77.4 Å². The maximum Gasteiger partial charge on any atom is 0.232 e. The minimum atomic E-state index is 0.0672. The minimum absolute atomic E-state index is 0.0672. The normalized spacial score (nSPS) is 10.7. The molecule has 7 nitrogen and oxygen atoms in total. The van der Waals surface area contributed by atoms with Crippen LogP contribution in [0.5, 0.6) is 0 Å². The molecule has 108 valence electrons. The van der Waals surface area contributed by atoms with Crippen molar-refractivity contribution in [3.8, 4) is 0 Å². The predicted octanol–water partition coefficient (Wildman–Crippen LogP) is 0.576. The van der Waals surface area contributed by atoms with Gasteiger partial charge in [0.1, 0.15) is 0 Å². The van der Waals surface area contributed by atoms with Crippen molar-refractivity contribution in [3.63, 3.8) is 0 Å². The Labute approximate surface area is 114 Å². The van der Waals surface area contributed by atoms with Crippen LogP contribution in [0.3, 0.4) is 0 Å². The lowest BCUT2D eigenvalue weighted by Crippen LogP contribution is -2.35. The lowest BCUT2D eigenvalue weighted by molar-refractivity contribution is 0.298. The van der Waals surface area contributed by atoms with Crippen molar-refractivity contribution in [2.75, 3.05) is 48.9 Å². The van der Waals surface area contributed by atoms with Crippen LogP contribution < -0.4 is 15.1 Å².